The fourth-order valence-electron chi connectivity index (χ4n) is 4.22. The molecule has 0 spiro atoms. The van der Waals surface area contributed by atoms with Gasteiger partial charge in [-0.05, 0) is 5.53 Å². The monoisotopic (exact) mass is 648 g/mol. The number of nitrogens with zero attached hydrogens (tertiary/aromatic N) is 7. The van der Waals surface area contributed by atoms with E-state index in [1.807, 2.05) is 4.90 Å². The van der Waals surface area contributed by atoms with E-state index in [0.29, 0.717) is 98.6 Å². The Morgan fingerprint density at radius 2 is 0.911 bits per heavy atom. The third-order valence-electron chi connectivity index (χ3n) is 6.46. The van der Waals surface area contributed by atoms with Gasteiger partial charge in [0, 0.05) is 70.4 Å². The molecule has 45 heavy (non-hydrogen) atoms. The summed E-state index contributed by atoms with van der Waals surface area (Å²) in [4.78, 5) is 56.3. The highest BCUT2D eigenvalue weighted by Crippen LogP contribution is 2.01. The zero-order chi connectivity index (χ0) is 33.1. The topological polar surface area (TPSA) is 240 Å². The van der Waals surface area contributed by atoms with Crippen LogP contribution in [0.2, 0.25) is 0 Å². The largest absolute Gasteiger partial charge is 0.480 e. The van der Waals surface area contributed by atoms with Crippen molar-refractivity contribution < 1.29 is 53.4 Å². The van der Waals surface area contributed by atoms with Gasteiger partial charge in [-0.1, -0.05) is 5.11 Å². The predicted octanol–water partition coefficient (Wildman–Crippen LogP) is -2.05. The van der Waals surface area contributed by atoms with Gasteiger partial charge in [0.2, 0.25) is 5.91 Å². The molecule has 0 unspecified atom stereocenters. The summed E-state index contributed by atoms with van der Waals surface area (Å²) in [5.74, 6) is -3.29. The lowest BCUT2D eigenvalue weighted by Crippen LogP contribution is -2.50. The Bertz CT molecular complexity index is 878. The lowest BCUT2D eigenvalue weighted by Gasteiger charge is -2.32. The number of rotatable bonds is 23. The maximum Gasteiger partial charge on any atom is 0.317 e. The van der Waals surface area contributed by atoms with Gasteiger partial charge in [0.05, 0.1) is 79.0 Å². The van der Waals surface area contributed by atoms with Crippen LogP contribution in [-0.4, -0.2) is 203 Å². The van der Waals surface area contributed by atoms with E-state index in [1.165, 1.54) is 0 Å². The Hall–Kier alpha value is -3.13. The minimum atomic E-state index is -1.02. The second-order valence-electron chi connectivity index (χ2n) is 10.0. The number of hydrogen-bond donors (Lipinski definition) is 4. The average molecular weight is 649 g/mol. The van der Waals surface area contributed by atoms with Crippen LogP contribution in [0.5, 0.6) is 0 Å². The summed E-state index contributed by atoms with van der Waals surface area (Å²) in [5.41, 5.74) is 8.16. The lowest BCUT2D eigenvalue weighted by molar-refractivity contribution is -0.140. The standard InChI is InChI=1S/C26H48N8O11/c27-30-29-2-12-43-14-16-45-18-17-44-15-13-42-11-1-28-23(35)19-31-3-5-32(20-24(36)37)7-9-34(22-26(40)41)10-8-33(6-4-31)21-25(38)39/h1-22H2,(H,28,35)(H,36,37)(H,38,39)(H,40,41). The van der Waals surface area contributed by atoms with Gasteiger partial charge in [-0.15, -0.1) is 0 Å². The molecule has 1 fully saturated rings. The van der Waals surface area contributed by atoms with Crippen LogP contribution in [0, 0.1) is 0 Å². The fourth-order valence-corrected chi connectivity index (χ4v) is 4.22. The van der Waals surface area contributed by atoms with E-state index in [-0.39, 0.29) is 51.8 Å². The molecule has 0 bridgehead atoms. The highest BCUT2D eigenvalue weighted by atomic mass is 16.6. The first-order valence-electron chi connectivity index (χ1n) is 14.8. The van der Waals surface area contributed by atoms with E-state index >= 15 is 0 Å². The zero-order valence-corrected chi connectivity index (χ0v) is 25.8. The molecule has 0 saturated carbocycles. The number of carboxylic acids is 3. The number of carbonyl (C=O) groups excluding carboxylic acids is 1. The molecule has 258 valence electrons. The average Bonchev–Trinajstić information content (AvgIpc) is 2.97. The molecule has 1 aliphatic heterocycles. The highest BCUT2D eigenvalue weighted by molar-refractivity contribution is 5.78. The fraction of sp³-hybridized carbons (Fsp3) is 0.846. The molecule has 0 atom stereocenters. The van der Waals surface area contributed by atoms with E-state index < -0.39 is 17.9 Å². The molecule has 1 saturated heterocycles. The Morgan fingerprint density at radius 1 is 0.578 bits per heavy atom. The van der Waals surface area contributed by atoms with Gasteiger partial charge in [-0.3, -0.25) is 38.8 Å². The molecular weight excluding hydrogens is 600 g/mol. The van der Waals surface area contributed by atoms with Crippen molar-refractivity contribution in [3.05, 3.63) is 10.4 Å². The van der Waals surface area contributed by atoms with Crippen molar-refractivity contribution in [1.82, 2.24) is 24.9 Å². The Kier molecular flexibility index (Phi) is 23.2. The zero-order valence-electron chi connectivity index (χ0n) is 25.8. The second-order valence-corrected chi connectivity index (χ2v) is 10.0. The van der Waals surface area contributed by atoms with Crippen molar-refractivity contribution in [3.8, 4) is 0 Å². The van der Waals surface area contributed by atoms with Crippen LogP contribution in [0.15, 0.2) is 5.11 Å². The molecule has 0 aliphatic carbocycles. The molecule has 0 aromatic rings. The van der Waals surface area contributed by atoms with E-state index in [4.69, 9.17) is 24.5 Å². The van der Waals surface area contributed by atoms with Crippen molar-refractivity contribution in [2.45, 2.75) is 0 Å². The SMILES string of the molecule is [N-]=[N+]=NCCOCCOCCOCCOCCNC(=O)CN1CCN(CC(=O)O)CCN(CC(=O)O)CCN(CC(=O)O)CC1. The van der Waals surface area contributed by atoms with Crippen LogP contribution in [0.25, 0.3) is 10.4 Å². The van der Waals surface area contributed by atoms with Crippen molar-refractivity contribution in [2.24, 2.45) is 5.11 Å². The maximum absolute atomic E-state index is 12.6. The van der Waals surface area contributed by atoms with Crippen LogP contribution < -0.4 is 5.32 Å². The minimum absolute atomic E-state index is 0.0366. The second kappa shape index (κ2) is 26.1. The van der Waals surface area contributed by atoms with Crippen molar-refractivity contribution in [3.63, 3.8) is 0 Å². The number of amides is 1. The summed E-state index contributed by atoms with van der Waals surface area (Å²) in [7, 11) is 0. The summed E-state index contributed by atoms with van der Waals surface area (Å²) in [6.07, 6.45) is 0. The minimum Gasteiger partial charge on any atom is -0.480 e. The van der Waals surface area contributed by atoms with Crippen LogP contribution in [0.1, 0.15) is 0 Å². The molecule has 19 nitrogen and oxygen atoms in total. The van der Waals surface area contributed by atoms with Crippen molar-refractivity contribution >= 4 is 23.8 Å². The third kappa shape index (κ3) is 23.9. The first-order valence-corrected chi connectivity index (χ1v) is 14.8. The van der Waals surface area contributed by atoms with Gasteiger partial charge in [0.1, 0.15) is 0 Å². The molecular formula is C26H48N8O11. The normalized spacial score (nSPS) is 16.3. The summed E-state index contributed by atoms with van der Waals surface area (Å²) in [5, 5.41) is 34.1. The first kappa shape index (κ1) is 39.9. The van der Waals surface area contributed by atoms with Crippen LogP contribution in [0.4, 0.5) is 0 Å². The van der Waals surface area contributed by atoms with E-state index in [1.54, 1.807) is 14.7 Å². The molecule has 0 radical (unpaired) electrons. The molecule has 1 rings (SSSR count). The first-order chi connectivity index (χ1) is 21.7. The Labute approximate surface area is 262 Å². The smallest absolute Gasteiger partial charge is 0.317 e. The number of carboxylic acid groups (broad SMARTS) is 3. The summed E-state index contributed by atoms with van der Waals surface area (Å²) >= 11 is 0. The van der Waals surface area contributed by atoms with Gasteiger partial charge in [0.15, 0.2) is 0 Å². The van der Waals surface area contributed by atoms with Crippen LogP contribution in [0.3, 0.4) is 0 Å². The van der Waals surface area contributed by atoms with Crippen LogP contribution in [-0.2, 0) is 38.1 Å². The van der Waals surface area contributed by atoms with Crippen LogP contribution >= 0.6 is 0 Å². The van der Waals surface area contributed by atoms with E-state index in [9.17, 15) is 34.5 Å². The molecule has 0 aromatic heterocycles. The lowest BCUT2D eigenvalue weighted by atomic mass is 10.3. The molecule has 1 amide bonds. The van der Waals surface area contributed by atoms with Gasteiger partial charge in [-0.25, -0.2) is 0 Å². The molecule has 1 heterocycles. The number of aliphatic carboxylic acids is 3. The van der Waals surface area contributed by atoms with Gasteiger partial charge < -0.3 is 39.6 Å². The third-order valence-corrected chi connectivity index (χ3v) is 6.46. The number of carbonyl (C=O) groups is 4. The van der Waals surface area contributed by atoms with Gasteiger partial charge in [-0.2, -0.15) is 0 Å². The van der Waals surface area contributed by atoms with E-state index in [0.717, 1.165) is 0 Å². The highest BCUT2D eigenvalue weighted by Gasteiger charge is 2.21. The number of hydrogen-bond acceptors (Lipinski definition) is 13. The van der Waals surface area contributed by atoms with Crippen molar-refractivity contribution in [1.29, 1.82) is 0 Å². The van der Waals surface area contributed by atoms with Crippen molar-refractivity contribution in [2.75, 3.05) is 144 Å². The molecule has 19 heteroatoms. The summed E-state index contributed by atoms with van der Waals surface area (Å²) < 4.78 is 21.5. The number of azide groups is 1. The maximum atomic E-state index is 12.6. The van der Waals surface area contributed by atoms with Gasteiger partial charge in [0.25, 0.3) is 0 Å². The van der Waals surface area contributed by atoms with E-state index in [2.05, 4.69) is 15.3 Å². The predicted molar refractivity (Wildman–Crippen MR) is 159 cm³/mol. The molecule has 4 N–H and O–H groups in total. The Morgan fingerprint density at radius 3 is 1.27 bits per heavy atom. The van der Waals surface area contributed by atoms with Gasteiger partial charge >= 0.3 is 17.9 Å². The molecule has 0 aromatic carbocycles. The summed E-state index contributed by atoms with van der Waals surface area (Å²) in [6.45, 7) is 5.46. The summed E-state index contributed by atoms with van der Waals surface area (Å²) in [6, 6.07) is 0. The quantitative estimate of drug-likeness (QED) is 0.0404. The molecule has 1 aliphatic rings. The Balaban J connectivity index is 2.39. The number of nitrogens with one attached hydrogen (secondary N) is 1. The number of ether oxygens (including phenoxy) is 4.